The van der Waals surface area contributed by atoms with Crippen molar-refractivity contribution in [3.8, 4) is 0 Å². The SMILES string of the molecule is CC/C=C\C/C=C\C/C=C\C/C=C\C/C=C\CCCCCCCCCCCCCCCCCC(=O)OCC(COC(=O)CC/C=C\C/C=C\C/C=C\C/C=C\CC)OC(=O)CCCCCCC/C=C\CCCCCCC. The fourth-order valence-electron chi connectivity index (χ4n) is 8.54. The van der Waals surface area contributed by atoms with Crippen LogP contribution in [0.3, 0.4) is 0 Å². The van der Waals surface area contributed by atoms with Gasteiger partial charge >= 0.3 is 17.9 Å². The fraction of sp³-hybridized carbons (Fsp3) is 0.671. The van der Waals surface area contributed by atoms with Crippen molar-refractivity contribution in [2.45, 2.75) is 290 Å². The van der Waals surface area contributed by atoms with E-state index in [1.54, 1.807) is 0 Å². The maximum atomic E-state index is 12.8. The van der Waals surface area contributed by atoms with Gasteiger partial charge in [-0.2, -0.15) is 0 Å². The molecule has 0 rings (SSSR count). The largest absolute Gasteiger partial charge is 0.462 e. The lowest BCUT2D eigenvalue weighted by molar-refractivity contribution is -0.166. The number of unbranched alkanes of at least 4 members (excludes halogenated alkanes) is 25. The Hall–Kier alpha value is -4.19. The average molecular weight is 1050 g/mol. The summed E-state index contributed by atoms with van der Waals surface area (Å²) in [7, 11) is 0. The normalized spacial score (nSPS) is 12.9. The summed E-state index contributed by atoms with van der Waals surface area (Å²) in [6.45, 7) is 6.34. The predicted molar refractivity (Wildman–Crippen MR) is 330 cm³/mol. The van der Waals surface area contributed by atoms with Crippen molar-refractivity contribution in [1.82, 2.24) is 0 Å². The molecule has 0 spiro atoms. The lowest BCUT2D eigenvalue weighted by Crippen LogP contribution is -2.30. The van der Waals surface area contributed by atoms with Gasteiger partial charge in [0, 0.05) is 19.3 Å². The molecule has 0 aliphatic carbocycles. The number of hydrogen-bond donors (Lipinski definition) is 0. The van der Waals surface area contributed by atoms with Crippen LogP contribution in [0.2, 0.25) is 0 Å². The average Bonchev–Trinajstić information content (AvgIpc) is 3.42. The third-order valence-electron chi connectivity index (χ3n) is 13.2. The summed E-state index contributed by atoms with van der Waals surface area (Å²) < 4.78 is 16.8. The van der Waals surface area contributed by atoms with Crippen LogP contribution in [0.25, 0.3) is 0 Å². The van der Waals surface area contributed by atoms with Crippen LogP contribution >= 0.6 is 0 Å². The lowest BCUT2D eigenvalue weighted by atomic mass is 10.0. The molecule has 0 bridgehead atoms. The summed E-state index contributed by atoms with van der Waals surface area (Å²) >= 11 is 0. The molecule has 0 saturated heterocycles. The molecule has 0 heterocycles. The van der Waals surface area contributed by atoms with Crippen LogP contribution in [0, 0.1) is 0 Å². The number of carbonyl (C=O) groups is 3. The van der Waals surface area contributed by atoms with Gasteiger partial charge in [0.15, 0.2) is 6.10 Å². The minimum absolute atomic E-state index is 0.104. The van der Waals surface area contributed by atoms with Gasteiger partial charge in [-0.05, 0) is 116 Å². The maximum Gasteiger partial charge on any atom is 0.306 e. The summed E-state index contributed by atoms with van der Waals surface area (Å²) in [6.07, 6.45) is 88.0. The Bertz CT molecular complexity index is 1590. The molecule has 0 N–H and O–H groups in total. The first-order valence-electron chi connectivity index (χ1n) is 31.5. The highest BCUT2D eigenvalue weighted by atomic mass is 16.6. The molecular weight excluding hydrogens is 937 g/mol. The second-order valence-electron chi connectivity index (χ2n) is 20.5. The topological polar surface area (TPSA) is 78.9 Å². The van der Waals surface area contributed by atoms with E-state index in [0.717, 1.165) is 109 Å². The first-order chi connectivity index (χ1) is 37.5. The summed E-state index contributed by atoms with van der Waals surface area (Å²) in [5.41, 5.74) is 0. The molecule has 0 aromatic rings. The Labute approximate surface area is 469 Å². The van der Waals surface area contributed by atoms with Gasteiger partial charge in [-0.3, -0.25) is 14.4 Å². The van der Waals surface area contributed by atoms with Gasteiger partial charge in [0.25, 0.3) is 0 Å². The minimum atomic E-state index is -0.813. The zero-order chi connectivity index (χ0) is 55.0. The molecule has 76 heavy (non-hydrogen) atoms. The summed E-state index contributed by atoms with van der Waals surface area (Å²) in [6, 6.07) is 0. The Morgan fingerprint density at radius 2 is 0.539 bits per heavy atom. The van der Waals surface area contributed by atoms with Gasteiger partial charge in [0.1, 0.15) is 13.2 Å². The summed E-state index contributed by atoms with van der Waals surface area (Å²) in [4.78, 5) is 38.2. The van der Waals surface area contributed by atoms with E-state index in [2.05, 4.69) is 136 Å². The molecule has 0 aliphatic rings. The third kappa shape index (κ3) is 60.7. The van der Waals surface area contributed by atoms with E-state index in [1.165, 1.54) is 128 Å². The monoisotopic (exact) mass is 1050 g/mol. The van der Waals surface area contributed by atoms with E-state index >= 15 is 0 Å². The number of carbonyl (C=O) groups excluding carboxylic acids is 3. The van der Waals surface area contributed by atoms with E-state index < -0.39 is 6.10 Å². The van der Waals surface area contributed by atoms with E-state index in [0.29, 0.717) is 19.3 Å². The number of ether oxygens (including phenoxy) is 3. The highest BCUT2D eigenvalue weighted by Gasteiger charge is 2.19. The Morgan fingerprint density at radius 1 is 0.276 bits per heavy atom. The van der Waals surface area contributed by atoms with Gasteiger partial charge < -0.3 is 14.2 Å². The maximum absolute atomic E-state index is 12.8. The summed E-state index contributed by atoms with van der Waals surface area (Å²) in [5.74, 6) is -0.995. The zero-order valence-corrected chi connectivity index (χ0v) is 49.5. The molecule has 0 saturated carbocycles. The van der Waals surface area contributed by atoms with Crippen molar-refractivity contribution in [3.05, 3.63) is 122 Å². The quantitative estimate of drug-likeness (QED) is 0.0261. The number of esters is 3. The van der Waals surface area contributed by atoms with Crippen LogP contribution in [0.1, 0.15) is 284 Å². The van der Waals surface area contributed by atoms with Crippen molar-refractivity contribution in [1.29, 1.82) is 0 Å². The van der Waals surface area contributed by atoms with Crippen LogP contribution in [-0.4, -0.2) is 37.2 Å². The van der Waals surface area contributed by atoms with E-state index in [1.807, 2.05) is 6.08 Å². The first-order valence-corrected chi connectivity index (χ1v) is 31.5. The molecule has 0 aliphatic heterocycles. The van der Waals surface area contributed by atoms with Crippen molar-refractivity contribution in [2.75, 3.05) is 13.2 Å². The van der Waals surface area contributed by atoms with Crippen LogP contribution in [-0.2, 0) is 28.6 Å². The fourth-order valence-corrected chi connectivity index (χ4v) is 8.54. The number of rotatable bonds is 56. The third-order valence-corrected chi connectivity index (χ3v) is 13.2. The highest BCUT2D eigenvalue weighted by Crippen LogP contribution is 2.16. The van der Waals surface area contributed by atoms with Gasteiger partial charge in [0.05, 0.1) is 0 Å². The smallest absolute Gasteiger partial charge is 0.306 e. The molecule has 0 amide bonds. The standard InChI is InChI=1S/C70H116O6/c1-4-7-10-13-16-19-22-25-27-28-29-30-31-32-33-34-35-36-37-38-39-40-41-42-43-46-48-51-54-57-60-63-69(72)75-66-67(65-74-68(71)62-59-56-53-50-47-44-24-21-18-15-12-9-6-3)76-70(73)64-61-58-55-52-49-45-26-23-20-17-14-11-8-5-2/h7,9-10,12,16,18-19,21,23,25-27,29-30,32-33,44,47,53,56,67H,4-6,8,11,13-15,17,20,22,24,28,31,34-43,45-46,48-52,54-55,57-66H2,1-3H3/b10-7-,12-9-,19-16-,21-18-,26-23-,27-25-,30-29-,33-32-,47-44-,56-53-. The summed E-state index contributed by atoms with van der Waals surface area (Å²) in [5, 5.41) is 0. The Balaban J connectivity index is 4.23. The predicted octanol–water partition coefficient (Wildman–Crippen LogP) is 21.6. The molecule has 1 unspecified atom stereocenters. The van der Waals surface area contributed by atoms with Crippen LogP contribution in [0.4, 0.5) is 0 Å². The minimum Gasteiger partial charge on any atom is -0.462 e. The molecular formula is C70H116O6. The second-order valence-corrected chi connectivity index (χ2v) is 20.5. The highest BCUT2D eigenvalue weighted by molar-refractivity contribution is 5.71. The molecule has 6 nitrogen and oxygen atoms in total. The van der Waals surface area contributed by atoms with Gasteiger partial charge in [0.2, 0.25) is 0 Å². The molecule has 0 radical (unpaired) electrons. The van der Waals surface area contributed by atoms with Crippen molar-refractivity contribution in [3.63, 3.8) is 0 Å². The van der Waals surface area contributed by atoms with E-state index in [4.69, 9.17) is 14.2 Å². The van der Waals surface area contributed by atoms with Gasteiger partial charge in [-0.25, -0.2) is 0 Å². The first kappa shape index (κ1) is 71.8. The molecule has 432 valence electrons. The second kappa shape index (κ2) is 63.3. The van der Waals surface area contributed by atoms with E-state index in [9.17, 15) is 14.4 Å². The van der Waals surface area contributed by atoms with Crippen LogP contribution in [0.15, 0.2) is 122 Å². The van der Waals surface area contributed by atoms with Crippen molar-refractivity contribution >= 4 is 17.9 Å². The Kier molecular flexibility index (Phi) is 59.9. The zero-order valence-electron chi connectivity index (χ0n) is 49.5. The van der Waals surface area contributed by atoms with Crippen LogP contribution < -0.4 is 0 Å². The molecule has 1 atom stereocenters. The van der Waals surface area contributed by atoms with Gasteiger partial charge in [-0.15, -0.1) is 0 Å². The van der Waals surface area contributed by atoms with E-state index in [-0.39, 0.29) is 37.5 Å². The number of allylic oxidation sites excluding steroid dienone is 20. The van der Waals surface area contributed by atoms with Crippen molar-refractivity contribution in [2.24, 2.45) is 0 Å². The van der Waals surface area contributed by atoms with Crippen molar-refractivity contribution < 1.29 is 28.6 Å². The lowest BCUT2D eigenvalue weighted by Gasteiger charge is -2.18. The van der Waals surface area contributed by atoms with Crippen LogP contribution in [0.5, 0.6) is 0 Å². The van der Waals surface area contributed by atoms with Gasteiger partial charge in [-0.1, -0.05) is 271 Å². The Morgan fingerprint density at radius 3 is 0.895 bits per heavy atom. The number of hydrogen-bond acceptors (Lipinski definition) is 6. The molecule has 0 fully saturated rings. The molecule has 0 aromatic heterocycles. The molecule has 6 heteroatoms. The molecule has 0 aromatic carbocycles.